The summed E-state index contributed by atoms with van der Waals surface area (Å²) in [5.41, 5.74) is 7.97. The summed E-state index contributed by atoms with van der Waals surface area (Å²) in [5, 5.41) is 12.6. The molecular formula is C67H95N7O9. The van der Waals surface area contributed by atoms with Crippen LogP contribution in [0.15, 0.2) is 84.9 Å². The van der Waals surface area contributed by atoms with E-state index in [-0.39, 0.29) is 60.3 Å². The van der Waals surface area contributed by atoms with Crippen LogP contribution in [-0.2, 0) is 49.8 Å². The number of anilines is 2. The number of likely N-dealkylation sites (N-methyl/N-ethyl adjacent to an activating group) is 1. The van der Waals surface area contributed by atoms with Gasteiger partial charge in [-0.1, -0.05) is 36.4 Å². The summed E-state index contributed by atoms with van der Waals surface area (Å²) in [5.74, 6) is 1.05. The van der Waals surface area contributed by atoms with Crippen molar-refractivity contribution in [3.63, 3.8) is 0 Å². The average Bonchev–Trinajstić information content (AvgIpc) is 3.53. The van der Waals surface area contributed by atoms with Crippen LogP contribution in [0.1, 0.15) is 133 Å². The van der Waals surface area contributed by atoms with Crippen molar-refractivity contribution >= 4 is 41.2 Å². The van der Waals surface area contributed by atoms with E-state index in [1.54, 1.807) is 17.0 Å². The fourth-order valence-electron chi connectivity index (χ4n) is 12.1. The third kappa shape index (κ3) is 18.8. The average molecular weight is 1140 g/mol. The Morgan fingerprint density at radius 2 is 1.11 bits per heavy atom. The molecule has 4 fully saturated rings. The number of carboxylic acid groups (broad SMARTS) is 1. The Morgan fingerprint density at radius 3 is 1.54 bits per heavy atom. The summed E-state index contributed by atoms with van der Waals surface area (Å²) in [4.78, 5) is 75.1. The number of hydrogen-bond acceptors (Lipinski definition) is 11. The van der Waals surface area contributed by atoms with Crippen LogP contribution < -0.4 is 24.6 Å². The van der Waals surface area contributed by atoms with Gasteiger partial charge in [0.15, 0.2) is 0 Å². The Labute approximate surface area is 494 Å². The Balaban J connectivity index is 0.000000239. The zero-order chi connectivity index (χ0) is 60.0. The maximum atomic E-state index is 13.4. The fourth-order valence-corrected chi connectivity index (χ4v) is 12.1. The molecule has 4 aromatic carbocycles. The number of carbonyl (C=O) groups is 5. The minimum atomic E-state index is -0.866. The van der Waals surface area contributed by atoms with Crippen molar-refractivity contribution in [2.45, 2.75) is 170 Å². The van der Waals surface area contributed by atoms with Crippen LogP contribution in [0, 0.1) is 25.7 Å². The fraction of sp³-hybridized carbons (Fsp3) is 0.567. The van der Waals surface area contributed by atoms with Gasteiger partial charge in [0, 0.05) is 115 Å². The van der Waals surface area contributed by atoms with Gasteiger partial charge >= 0.3 is 12.1 Å². The van der Waals surface area contributed by atoms with Crippen LogP contribution in [0.3, 0.4) is 0 Å². The molecule has 4 amide bonds. The van der Waals surface area contributed by atoms with Crippen molar-refractivity contribution in [3.8, 4) is 11.5 Å². The summed E-state index contributed by atoms with van der Waals surface area (Å²) < 4.78 is 18.0. The molecule has 83 heavy (non-hydrogen) atoms. The predicted octanol–water partition coefficient (Wildman–Crippen LogP) is 10.5. The first kappa shape index (κ1) is 64.1. The number of nitrogens with zero attached hydrogens (tertiary/aromatic N) is 6. The minimum Gasteiger partial charge on any atom is -0.490 e. The van der Waals surface area contributed by atoms with Crippen molar-refractivity contribution in [1.82, 2.24) is 24.9 Å². The molecule has 0 radical (unpaired) electrons. The van der Waals surface area contributed by atoms with E-state index in [1.165, 1.54) is 16.7 Å². The maximum Gasteiger partial charge on any atom is 0.410 e. The molecule has 0 spiro atoms. The molecular weight excluding hydrogens is 1050 g/mol. The largest absolute Gasteiger partial charge is 0.490 e. The number of nitrogens with one attached hydrogen (secondary N) is 1. The van der Waals surface area contributed by atoms with Gasteiger partial charge in [0.05, 0.1) is 25.0 Å². The van der Waals surface area contributed by atoms with Gasteiger partial charge in [-0.2, -0.15) is 0 Å². The van der Waals surface area contributed by atoms with Crippen molar-refractivity contribution in [3.05, 3.63) is 118 Å². The number of rotatable bonds is 18. The molecule has 2 aliphatic heterocycles. The van der Waals surface area contributed by atoms with E-state index < -0.39 is 11.6 Å². The summed E-state index contributed by atoms with van der Waals surface area (Å²) in [6, 6.07) is 28.4. The van der Waals surface area contributed by atoms with Crippen molar-refractivity contribution < 1.29 is 43.3 Å². The first-order valence-electron chi connectivity index (χ1n) is 30.5. The Hall–Kier alpha value is -6.49. The summed E-state index contributed by atoms with van der Waals surface area (Å²) in [7, 11) is 3.76. The van der Waals surface area contributed by atoms with E-state index >= 15 is 0 Å². The van der Waals surface area contributed by atoms with Crippen LogP contribution in [0.5, 0.6) is 11.5 Å². The SMILES string of the molecule is CCN(CC)C(=O)Cc1cccc(O[C@H]2CC[C@H](C(=O)N(C)c3ccc(CN4CCN[C@@H](C)C4)c(C)c3)CC2)c1.Cc1cc(N(C)C(=O)[C@H]2CC[C@H](Oc3cccc(CC(=O)O)c3)CC2)ccc1CN1CCN(C(=O)OC(C)(C)C)[C@@H](C)C1. The number of aliphatic carboxylic acids is 1. The molecule has 2 N–H and O–H groups in total. The van der Waals surface area contributed by atoms with Crippen LogP contribution in [0.2, 0.25) is 0 Å². The molecule has 0 unspecified atom stereocenters. The van der Waals surface area contributed by atoms with Crippen molar-refractivity contribution in [2.24, 2.45) is 11.8 Å². The van der Waals surface area contributed by atoms with E-state index in [0.717, 1.165) is 139 Å². The molecule has 2 atom stereocenters. The molecule has 452 valence electrons. The highest BCUT2D eigenvalue weighted by Gasteiger charge is 2.34. The lowest BCUT2D eigenvalue weighted by molar-refractivity contribution is -0.136. The number of aryl methyl sites for hydroxylation is 2. The van der Waals surface area contributed by atoms with Crippen LogP contribution in [0.4, 0.5) is 16.2 Å². The zero-order valence-corrected chi connectivity index (χ0v) is 51.6. The smallest absolute Gasteiger partial charge is 0.410 e. The van der Waals surface area contributed by atoms with Gasteiger partial charge in [0.25, 0.3) is 0 Å². The quantitative estimate of drug-likeness (QED) is 0.0970. The second-order valence-electron chi connectivity index (χ2n) is 24.7. The molecule has 2 saturated heterocycles. The number of hydrogen-bond donors (Lipinski definition) is 2. The molecule has 4 aromatic rings. The third-order valence-electron chi connectivity index (χ3n) is 16.9. The first-order chi connectivity index (χ1) is 39.6. The third-order valence-corrected chi connectivity index (χ3v) is 16.9. The molecule has 0 aromatic heterocycles. The molecule has 0 bridgehead atoms. The topological polar surface area (TPSA) is 165 Å². The van der Waals surface area contributed by atoms with Gasteiger partial charge in [-0.15, -0.1) is 0 Å². The second-order valence-corrected chi connectivity index (χ2v) is 24.7. The number of carbonyl (C=O) groups excluding carboxylic acids is 4. The van der Waals surface area contributed by atoms with Gasteiger partial charge in [-0.05, 0) is 196 Å². The van der Waals surface area contributed by atoms with Crippen molar-refractivity contribution in [2.75, 3.05) is 76.3 Å². The predicted molar refractivity (Wildman–Crippen MR) is 328 cm³/mol. The van der Waals surface area contributed by atoms with Crippen LogP contribution in [-0.4, -0.2) is 151 Å². The Morgan fingerprint density at radius 1 is 0.627 bits per heavy atom. The lowest BCUT2D eigenvalue weighted by Crippen LogP contribution is -2.54. The van der Waals surface area contributed by atoms with Gasteiger partial charge in [0.1, 0.15) is 17.1 Å². The molecule has 16 nitrogen and oxygen atoms in total. The summed E-state index contributed by atoms with van der Waals surface area (Å²) in [6.45, 7) is 26.8. The molecule has 2 aliphatic carbocycles. The second kappa shape index (κ2) is 29.8. The lowest BCUT2D eigenvalue weighted by Gasteiger charge is -2.40. The first-order valence-corrected chi connectivity index (χ1v) is 30.5. The molecule has 2 saturated carbocycles. The Kier molecular flexibility index (Phi) is 23.0. The Bertz CT molecular complexity index is 2820. The number of amides is 4. The van der Waals surface area contributed by atoms with E-state index in [4.69, 9.17) is 19.3 Å². The monoisotopic (exact) mass is 1140 g/mol. The standard InChI is InChI=1S/C34H47N3O6.C33H48N4O3/c1-23-18-28(13-10-27(23)22-36-16-17-37(24(2)21-36)33(41)43-34(3,4)5)35(6)32(40)26-11-14-29(15-12-26)42-30-9-7-8-25(19-30)20-31(38)39;1-6-37(7-2)32(38)21-26-9-8-10-31(20-26)40-30-15-12-27(13-16-30)33(39)35(5)29-14-11-28(24(3)19-29)23-36-18-17-34-25(4)22-36/h7-10,13,18-19,24,26,29H,11-12,14-17,20-22H2,1-6H3,(H,38,39);8-11,14,19-20,25,27,30,34H,6-7,12-13,15-18,21-23H2,1-5H3/t24-,26-,29-;25-,27-,30-/m00/s1. The van der Waals surface area contributed by atoms with Crippen LogP contribution in [0.25, 0.3) is 0 Å². The van der Waals surface area contributed by atoms with Crippen LogP contribution >= 0.6 is 0 Å². The van der Waals surface area contributed by atoms with Gasteiger partial charge in [0.2, 0.25) is 17.7 Å². The molecule has 8 rings (SSSR count). The molecule has 4 aliphatic rings. The van der Waals surface area contributed by atoms with E-state index in [2.05, 4.69) is 73.1 Å². The highest BCUT2D eigenvalue weighted by Crippen LogP contribution is 2.33. The zero-order valence-electron chi connectivity index (χ0n) is 51.6. The number of benzene rings is 4. The maximum absolute atomic E-state index is 13.4. The summed E-state index contributed by atoms with van der Waals surface area (Å²) >= 11 is 0. The van der Waals surface area contributed by atoms with Gasteiger partial charge in [-0.25, -0.2) is 4.79 Å². The van der Waals surface area contributed by atoms with E-state index in [9.17, 15) is 24.0 Å². The van der Waals surface area contributed by atoms with E-state index in [0.29, 0.717) is 30.3 Å². The number of ether oxygens (including phenoxy) is 3. The van der Waals surface area contributed by atoms with E-state index in [1.807, 2.05) is 106 Å². The lowest BCUT2D eigenvalue weighted by atomic mass is 9.86. The normalized spacial score (nSPS) is 21.4. The highest BCUT2D eigenvalue weighted by atomic mass is 16.6. The highest BCUT2D eigenvalue weighted by molar-refractivity contribution is 5.95. The minimum absolute atomic E-state index is 0.0182. The molecule has 16 heteroatoms. The van der Waals surface area contributed by atoms with Gasteiger partial charge in [-0.3, -0.25) is 29.0 Å². The van der Waals surface area contributed by atoms with Gasteiger partial charge < -0.3 is 44.2 Å². The molecule has 2 heterocycles. The number of piperazine rings is 2. The summed E-state index contributed by atoms with van der Waals surface area (Å²) in [6.07, 6.45) is 6.66. The number of carboxylic acids is 1. The van der Waals surface area contributed by atoms with Crippen molar-refractivity contribution in [1.29, 1.82) is 0 Å².